The third kappa shape index (κ3) is 4.02. The molecule has 0 bridgehead atoms. The number of carbonyl (C=O) groups is 1. The number of nitrogens with one attached hydrogen (secondary N) is 1. The second kappa shape index (κ2) is 6.62. The van der Waals surface area contributed by atoms with Crippen molar-refractivity contribution in [2.24, 2.45) is 0 Å². The molecule has 0 aliphatic heterocycles. The van der Waals surface area contributed by atoms with Crippen molar-refractivity contribution in [3.8, 4) is 5.75 Å². The van der Waals surface area contributed by atoms with Gasteiger partial charge in [0.25, 0.3) is 0 Å². The Hall–Kier alpha value is -1.06. The Bertz CT molecular complexity index is 393. The van der Waals surface area contributed by atoms with Gasteiger partial charge in [-0.3, -0.25) is 4.79 Å². The fourth-order valence-corrected chi connectivity index (χ4v) is 1.54. The average Bonchev–Trinajstić information content (AvgIpc) is 2.35. The molecule has 0 spiro atoms. The van der Waals surface area contributed by atoms with Crippen molar-refractivity contribution in [1.82, 2.24) is 5.32 Å². The summed E-state index contributed by atoms with van der Waals surface area (Å²) in [5, 5.41) is 3.67. The van der Waals surface area contributed by atoms with E-state index in [2.05, 4.69) is 19.2 Å². The zero-order chi connectivity index (χ0) is 12.8. The monoisotopic (exact) mass is 255 g/mol. The first-order valence-electron chi connectivity index (χ1n) is 5.68. The van der Waals surface area contributed by atoms with Gasteiger partial charge in [-0.05, 0) is 31.5 Å². The summed E-state index contributed by atoms with van der Waals surface area (Å²) in [6.45, 7) is 4.46. The van der Waals surface area contributed by atoms with Crippen molar-refractivity contribution >= 4 is 17.4 Å². The SMILES string of the molecule is CCC(C)NCC(=O)c1ccc(Cl)c(OC)c1. The number of benzene rings is 1. The number of rotatable bonds is 6. The Morgan fingerprint density at radius 2 is 2.24 bits per heavy atom. The molecule has 4 heteroatoms. The molecule has 94 valence electrons. The third-order valence-corrected chi connectivity index (χ3v) is 3.01. The fourth-order valence-electron chi connectivity index (χ4n) is 1.35. The molecule has 0 aliphatic rings. The number of hydrogen-bond acceptors (Lipinski definition) is 3. The lowest BCUT2D eigenvalue weighted by atomic mass is 10.1. The van der Waals surface area contributed by atoms with Gasteiger partial charge >= 0.3 is 0 Å². The molecule has 3 nitrogen and oxygen atoms in total. The van der Waals surface area contributed by atoms with Crippen molar-refractivity contribution in [3.05, 3.63) is 28.8 Å². The lowest BCUT2D eigenvalue weighted by Gasteiger charge is -2.11. The van der Waals surface area contributed by atoms with Crippen LogP contribution < -0.4 is 10.1 Å². The smallest absolute Gasteiger partial charge is 0.176 e. The van der Waals surface area contributed by atoms with E-state index >= 15 is 0 Å². The van der Waals surface area contributed by atoms with Gasteiger partial charge in [-0.1, -0.05) is 18.5 Å². The van der Waals surface area contributed by atoms with Crippen molar-refractivity contribution in [1.29, 1.82) is 0 Å². The van der Waals surface area contributed by atoms with E-state index < -0.39 is 0 Å². The van der Waals surface area contributed by atoms with Crippen LogP contribution in [0.25, 0.3) is 0 Å². The molecule has 1 rings (SSSR count). The molecular weight excluding hydrogens is 238 g/mol. The Labute approximate surface area is 107 Å². The van der Waals surface area contributed by atoms with E-state index in [1.807, 2.05) is 0 Å². The first-order chi connectivity index (χ1) is 8.08. The Morgan fingerprint density at radius 3 is 2.82 bits per heavy atom. The number of halogens is 1. The minimum absolute atomic E-state index is 0.0419. The van der Waals surface area contributed by atoms with Gasteiger partial charge in [0.15, 0.2) is 5.78 Å². The summed E-state index contributed by atoms with van der Waals surface area (Å²) in [6, 6.07) is 5.40. The molecule has 0 saturated heterocycles. The van der Waals surface area contributed by atoms with E-state index in [1.54, 1.807) is 18.2 Å². The lowest BCUT2D eigenvalue weighted by molar-refractivity contribution is 0.0987. The first kappa shape index (κ1) is 14.0. The Kier molecular flexibility index (Phi) is 5.45. The summed E-state index contributed by atoms with van der Waals surface area (Å²) in [4.78, 5) is 11.9. The van der Waals surface area contributed by atoms with E-state index in [-0.39, 0.29) is 5.78 Å². The molecule has 1 aromatic carbocycles. The van der Waals surface area contributed by atoms with Gasteiger partial charge in [0, 0.05) is 11.6 Å². The Morgan fingerprint density at radius 1 is 1.53 bits per heavy atom. The number of carbonyl (C=O) groups excluding carboxylic acids is 1. The molecule has 0 heterocycles. The minimum Gasteiger partial charge on any atom is -0.495 e. The molecule has 0 amide bonds. The van der Waals surface area contributed by atoms with Crippen LogP contribution >= 0.6 is 11.6 Å². The average molecular weight is 256 g/mol. The van der Waals surface area contributed by atoms with Crippen LogP contribution in [0.2, 0.25) is 5.02 Å². The summed E-state index contributed by atoms with van der Waals surface area (Å²) in [5.74, 6) is 0.571. The summed E-state index contributed by atoms with van der Waals surface area (Å²) < 4.78 is 5.08. The molecule has 0 saturated carbocycles. The molecule has 0 radical (unpaired) electrons. The zero-order valence-corrected chi connectivity index (χ0v) is 11.2. The lowest BCUT2D eigenvalue weighted by Crippen LogP contribution is -2.30. The summed E-state index contributed by atoms with van der Waals surface area (Å²) >= 11 is 5.90. The first-order valence-corrected chi connectivity index (χ1v) is 6.06. The molecule has 1 N–H and O–H groups in total. The highest BCUT2D eigenvalue weighted by Crippen LogP contribution is 2.25. The van der Waals surface area contributed by atoms with E-state index in [0.29, 0.717) is 28.9 Å². The zero-order valence-electron chi connectivity index (χ0n) is 10.4. The second-order valence-electron chi connectivity index (χ2n) is 3.96. The van der Waals surface area contributed by atoms with Gasteiger partial charge < -0.3 is 10.1 Å². The molecular formula is C13H18ClNO2. The molecule has 1 unspecified atom stereocenters. The third-order valence-electron chi connectivity index (χ3n) is 2.70. The maximum Gasteiger partial charge on any atom is 0.176 e. The highest BCUT2D eigenvalue weighted by atomic mass is 35.5. The number of hydrogen-bond donors (Lipinski definition) is 1. The molecule has 0 aromatic heterocycles. The molecule has 0 fully saturated rings. The predicted octanol–water partition coefficient (Wildman–Crippen LogP) is 2.92. The van der Waals surface area contributed by atoms with E-state index in [0.717, 1.165) is 6.42 Å². The minimum atomic E-state index is 0.0419. The van der Waals surface area contributed by atoms with Crippen molar-refractivity contribution in [2.75, 3.05) is 13.7 Å². The standard InChI is InChI=1S/C13H18ClNO2/c1-4-9(2)15-8-12(16)10-5-6-11(14)13(7-10)17-3/h5-7,9,15H,4,8H2,1-3H3. The quantitative estimate of drug-likeness (QED) is 0.795. The van der Waals surface area contributed by atoms with Gasteiger partial charge in [-0.15, -0.1) is 0 Å². The van der Waals surface area contributed by atoms with Crippen molar-refractivity contribution in [2.45, 2.75) is 26.3 Å². The Balaban J connectivity index is 2.69. The van der Waals surface area contributed by atoms with E-state index in [1.165, 1.54) is 7.11 Å². The van der Waals surface area contributed by atoms with Gasteiger partial charge in [0.05, 0.1) is 18.7 Å². The van der Waals surface area contributed by atoms with Crippen molar-refractivity contribution in [3.63, 3.8) is 0 Å². The van der Waals surface area contributed by atoms with Gasteiger partial charge in [0.2, 0.25) is 0 Å². The van der Waals surface area contributed by atoms with Crippen LogP contribution in [0, 0.1) is 0 Å². The van der Waals surface area contributed by atoms with Crippen LogP contribution in [-0.4, -0.2) is 25.5 Å². The number of Topliss-reactive ketones (excluding diaryl/α,β-unsaturated/α-hetero) is 1. The fraction of sp³-hybridized carbons (Fsp3) is 0.462. The molecule has 17 heavy (non-hydrogen) atoms. The van der Waals surface area contributed by atoms with Crippen LogP contribution in [-0.2, 0) is 0 Å². The largest absolute Gasteiger partial charge is 0.495 e. The molecule has 1 atom stereocenters. The van der Waals surface area contributed by atoms with Crippen molar-refractivity contribution < 1.29 is 9.53 Å². The number of ether oxygens (including phenoxy) is 1. The highest BCUT2D eigenvalue weighted by molar-refractivity contribution is 6.32. The maximum absolute atomic E-state index is 11.9. The summed E-state index contributed by atoms with van der Waals surface area (Å²) in [5.41, 5.74) is 0.613. The second-order valence-corrected chi connectivity index (χ2v) is 4.37. The van der Waals surface area contributed by atoms with Gasteiger partial charge in [-0.25, -0.2) is 0 Å². The summed E-state index contributed by atoms with van der Waals surface area (Å²) in [6.07, 6.45) is 0.997. The predicted molar refractivity (Wildman–Crippen MR) is 70.1 cm³/mol. The topological polar surface area (TPSA) is 38.3 Å². The van der Waals surface area contributed by atoms with Crippen LogP contribution in [0.3, 0.4) is 0 Å². The van der Waals surface area contributed by atoms with Crippen LogP contribution in [0.5, 0.6) is 5.75 Å². The van der Waals surface area contributed by atoms with Crippen LogP contribution in [0.15, 0.2) is 18.2 Å². The van der Waals surface area contributed by atoms with Gasteiger partial charge in [-0.2, -0.15) is 0 Å². The van der Waals surface area contributed by atoms with E-state index in [9.17, 15) is 4.79 Å². The summed E-state index contributed by atoms with van der Waals surface area (Å²) in [7, 11) is 1.53. The molecule has 0 aliphatic carbocycles. The van der Waals surface area contributed by atoms with Crippen LogP contribution in [0.4, 0.5) is 0 Å². The van der Waals surface area contributed by atoms with E-state index in [4.69, 9.17) is 16.3 Å². The maximum atomic E-state index is 11.9. The number of methoxy groups -OCH3 is 1. The molecule has 1 aromatic rings. The number of ketones is 1. The highest BCUT2D eigenvalue weighted by Gasteiger charge is 2.10. The van der Waals surface area contributed by atoms with Gasteiger partial charge in [0.1, 0.15) is 5.75 Å². The van der Waals surface area contributed by atoms with Crippen LogP contribution in [0.1, 0.15) is 30.6 Å². The normalized spacial score (nSPS) is 12.2.